The Morgan fingerprint density at radius 2 is 0.623 bits per heavy atom. The van der Waals surface area contributed by atoms with Gasteiger partial charge in [0.05, 0.1) is 30.8 Å². The zero-order valence-corrected chi connectivity index (χ0v) is 45.8. The van der Waals surface area contributed by atoms with E-state index >= 15 is 0 Å². The van der Waals surface area contributed by atoms with Gasteiger partial charge in [-0.25, -0.2) is 0 Å². The van der Waals surface area contributed by atoms with Crippen molar-refractivity contribution in [3.8, 4) is 0 Å². The number of carbonyl (C=O) groups excluding carboxylic acids is 2. The maximum Gasteiger partial charge on any atom is 0.197 e. The maximum atomic E-state index is 13.0. The second kappa shape index (κ2) is 52.1. The summed E-state index contributed by atoms with van der Waals surface area (Å²) in [6, 6.07) is 0. The van der Waals surface area contributed by atoms with Gasteiger partial charge in [0.2, 0.25) is 0 Å². The number of thioether (sulfide) groups is 2. The summed E-state index contributed by atoms with van der Waals surface area (Å²) < 4.78 is 0. The van der Waals surface area contributed by atoms with Crippen molar-refractivity contribution in [2.24, 2.45) is 0 Å². The molecule has 0 amide bonds. The molecule has 69 heavy (non-hydrogen) atoms. The lowest BCUT2D eigenvalue weighted by Gasteiger charge is -2.26. The number of carbonyl (C=O) groups is 2. The number of hydrogen-bond donors (Lipinski definition) is 4. The summed E-state index contributed by atoms with van der Waals surface area (Å²) in [4.78, 5) is 30.1. The first kappa shape index (κ1) is 66.7. The van der Waals surface area contributed by atoms with Gasteiger partial charge in [0.15, 0.2) is 10.2 Å². The van der Waals surface area contributed by atoms with Gasteiger partial charge in [-0.1, -0.05) is 200 Å². The van der Waals surface area contributed by atoms with Crippen LogP contribution in [0.2, 0.25) is 0 Å². The van der Waals surface area contributed by atoms with Crippen molar-refractivity contribution < 1.29 is 30.0 Å². The first-order chi connectivity index (χ1) is 33.6. The van der Waals surface area contributed by atoms with E-state index < -0.39 is 24.4 Å². The van der Waals surface area contributed by atoms with Gasteiger partial charge in [0, 0.05) is 50.8 Å². The Hall–Kier alpha value is -2.28. The van der Waals surface area contributed by atoms with E-state index in [1.54, 1.807) is 0 Å². The number of rotatable bonds is 48. The highest BCUT2D eigenvalue weighted by molar-refractivity contribution is 8.15. The molecule has 0 heterocycles. The summed E-state index contributed by atoms with van der Waals surface area (Å²) in [5.41, 5.74) is 0. The predicted molar refractivity (Wildman–Crippen MR) is 303 cm³/mol. The van der Waals surface area contributed by atoms with E-state index in [1.807, 2.05) is 34.1 Å². The van der Waals surface area contributed by atoms with Crippen molar-refractivity contribution in [2.45, 2.75) is 213 Å². The highest BCUT2D eigenvalue weighted by Crippen LogP contribution is 2.15. The molecule has 4 N–H and O–H groups in total. The van der Waals surface area contributed by atoms with Crippen LogP contribution in [0.4, 0.5) is 0 Å². The lowest BCUT2D eigenvalue weighted by Crippen LogP contribution is -2.39. The van der Waals surface area contributed by atoms with Crippen molar-refractivity contribution in [3.63, 3.8) is 0 Å². The third kappa shape index (κ3) is 49.1. The monoisotopic (exact) mass is 999 g/mol. The van der Waals surface area contributed by atoms with Crippen molar-refractivity contribution in [3.05, 3.63) is 97.2 Å². The molecular weight excluding hydrogens is 897 g/mol. The fourth-order valence-electron chi connectivity index (χ4n) is 7.42. The number of aliphatic hydroxyl groups excluding tert-OH is 4. The van der Waals surface area contributed by atoms with Crippen LogP contribution in [0.3, 0.4) is 0 Å². The first-order valence-electron chi connectivity index (χ1n) is 27.3. The topological polar surface area (TPSA) is 122 Å². The molecule has 0 aliphatic rings. The minimum absolute atomic E-state index is 0.183. The quantitative estimate of drug-likeness (QED) is 0.0266. The molecule has 0 aliphatic heterocycles. The number of hydrogen-bond acceptors (Lipinski definition) is 10. The zero-order chi connectivity index (χ0) is 50.7. The Morgan fingerprint density at radius 1 is 0.377 bits per heavy atom. The Balaban J connectivity index is 5.25. The van der Waals surface area contributed by atoms with Crippen LogP contribution >= 0.6 is 23.5 Å². The second-order valence-corrected chi connectivity index (χ2v) is 20.7. The van der Waals surface area contributed by atoms with Crippen LogP contribution in [-0.4, -0.2) is 116 Å². The summed E-state index contributed by atoms with van der Waals surface area (Å²) in [6.07, 6.45) is 55.9. The van der Waals surface area contributed by atoms with E-state index in [0.29, 0.717) is 76.5 Å². The average Bonchev–Trinajstić information content (AvgIpc) is 3.31. The van der Waals surface area contributed by atoms with Gasteiger partial charge in [0.1, 0.15) is 0 Å². The molecular formula is C59H102N2O6S2. The minimum Gasteiger partial charge on any atom is -0.391 e. The van der Waals surface area contributed by atoms with E-state index in [4.69, 9.17) is 0 Å². The van der Waals surface area contributed by atoms with E-state index in [-0.39, 0.29) is 16.7 Å². The molecule has 0 aromatic carbocycles. The predicted octanol–water partition coefficient (Wildman–Crippen LogP) is 13.8. The van der Waals surface area contributed by atoms with E-state index in [2.05, 4.69) is 101 Å². The third-order valence-corrected chi connectivity index (χ3v) is 13.2. The molecule has 4 unspecified atom stereocenters. The molecule has 0 saturated carbocycles. The third-order valence-electron chi connectivity index (χ3n) is 11.5. The average molecular weight is 1000 g/mol. The van der Waals surface area contributed by atoms with Gasteiger partial charge in [-0.05, 0) is 103 Å². The molecule has 10 heteroatoms. The van der Waals surface area contributed by atoms with Gasteiger partial charge in [0.25, 0.3) is 0 Å². The summed E-state index contributed by atoms with van der Waals surface area (Å²) >= 11 is 2.25. The van der Waals surface area contributed by atoms with Gasteiger partial charge in [-0.2, -0.15) is 0 Å². The van der Waals surface area contributed by atoms with Gasteiger partial charge in [-0.15, -0.1) is 0 Å². The molecule has 0 rings (SSSR count). The number of nitrogens with zero attached hydrogens (tertiary/aromatic N) is 2. The molecule has 0 saturated heterocycles. The van der Waals surface area contributed by atoms with Gasteiger partial charge in [-0.3, -0.25) is 19.4 Å². The molecule has 396 valence electrons. The summed E-state index contributed by atoms with van der Waals surface area (Å²) in [5, 5.41) is 43.4. The molecule has 4 atom stereocenters. The summed E-state index contributed by atoms with van der Waals surface area (Å²) in [6.45, 7) is 11.3. The smallest absolute Gasteiger partial charge is 0.197 e. The molecule has 0 aromatic rings. The summed E-state index contributed by atoms with van der Waals surface area (Å²) in [5.74, 6) is 0.898. The Labute approximate surface area is 432 Å². The van der Waals surface area contributed by atoms with Crippen LogP contribution in [0, 0.1) is 0 Å². The molecule has 0 aliphatic carbocycles. The van der Waals surface area contributed by atoms with Crippen molar-refractivity contribution in [1.29, 1.82) is 0 Å². The lowest BCUT2D eigenvalue weighted by atomic mass is 10.1. The van der Waals surface area contributed by atoms with Crippen molar-refractivity contribution in [2.75, 3.05) is 50.8 Å². The van der Waals surface area contributed by atoms with Gasteiger partial charge >= 0.3 is 0 Å². The largest absolute Gasteiger partial charge is 0.391 e. The SMILES string of the molecule is CCCCC/C=C\C/C=C\CC(O)CN(CCSC(=O)CC(=O)SCCN(CC(O)C/C=C\C/C=C\CCCCC)CC(O)C/C=C\C/C=C\CCCCC)CC(O)C/C=C\C/C=C\CCCCC. The standard InChI is InChI=1S/C59H102N2O6S2/c1-5-9-13-17-21-25-29-33-37-41-54(62)50-60(51-55(63)42-38-34-30-26-22-18-14-10-6-2)45-47-68-58(66)49-59(67)69-48-46-61(52-56(64)43-39-35-31-27-23-19-15-11-7-3)53-57(65)44-40-36-32-28-24-20-16-12-8-4/h21-28,33-40,54-57,62-65H,5-20,29-32,41-53H2,1-4H3/b25-21-,26-22-,27-23-,28-24-,37-33-,38-34-,39-35-,40-36-. The van der Waals surface area contributed by atoms with E-state index in [0.717, 1.165) is 74.9 Å². The fraction of sp³-hybridized carbons (Fsp3) is 0.695. The minimum atomic E-state index is -0.608. The maximum absolute atomic E-state index is 13.0. The lowest BCUT2D eigenvalue weighted by molar-refractivity contribution is -0.117. The fourth-order valence-corrected chi connectivity index (χ4v) is 9.13. The van der Waals surface area contributed by atoms with Crippen LogP contribution < -0.4 is 0 Å². The van der Waals surface area contributed by atoms with Crippen LogP contribution in [-0.2, 0) is 9.59 Å². The zero-order valence-electron chi connectivity index (χ0n) is 44.2. The van der Waals surface area contributed by atoms with Crippen molar-refractivity contribution >= 4 is 33.8 Å². The molecule has 0 bridgehead atoms. The number of aliphatic hydroxyl groups is 4. The molecule has 0 radical (unpaired) electrons. The second-order valence-electron chi connectivity index (χ2n) is 18.4. The van der Waals surface area contributed by atoms with Gasteiger partial charge < -0.3 is 20.4 Å². The number of allylic oxidation sites excluding steroid dienone is 12. The first-order valence-corrected chi connectivity index (χ1v) is 29.3. The van der Waals surface area contributed by atoms with Crippen molar-refractivity contribution in [1.82, 2.24) is 9.80 Å². The van der Waals surface area contributed by atoms with Crippen LogP contribution in [0.25, 0.3) is 0 Å². The Kier molecular flexibility index (Phi) is 50.3. The molecule has 0 fully saturated rings. The van der Waals surface area contributed by atoms with E-state index in [1.165, 1.54) is 77.0 Å². The summed E-state index contributed by atoms with van der Waals surface area (Å²) in [7, 11) is 0. The van der Waals surface area contributed by atoms with E-state index in [9.17, 15) is 30.0 Å². The number of unbranched alkanes of at least 4 members (excludes halogenated alkanes) is 12. The molecule has 8 nitrogen and oxygen atoms in total. The Bertz CT molecular complexity index is 1240. The van der Waals surface area contributed by atoms with Crippen LogP contribution in [0.5, 0.6) is 0 Å². The molecule has 0 aromatic heterocycles. The normalized spacial score (nSPS) is 14.6. The van der Waals surface area contributed by atoms with Crippen LogP contribution in [0.1, 0.15) is 188 Å². The highest BCUT2D eigenvalue weighted by Gasteiger charge is 2.19. The highest BCUT2D eigenvalue weighted by atomic mass is 32.2. The Morgan fingerprint density at radius 3 is 0.870 bits per heavy atom. The molecule has 0 spiro atoms. The van der Waals surface area contributed by atoms with Crippen LogP contribution in [0.15, 0.2) is 97.2 Å².